The fourth-order valence-corrected chi connectivity index (χ4v) is 3.96. The van der Waals surface area contributed by atoms with Crippen molar-refractivity contribution in [1.29, 1.82) is 0 Å². The van der Waals surface area contributed by atoms with Gasteiger partial charge in [0.1, 0.15) is 5.82 Å². The first-order valence-electron chi connectivity index (χ1n) is 8.57. The first-order valence-corrected chi connectivity index (χ1v) is 10.1. The van der Waals surface area contributed by atoms with Crippen molar-refractivity contribution in [2.75, 3.05) is 5.73 Å². The summed E-state index contributed by atoms with van der Waals surface area (Å²) in [6, 6.07) is 8.80. The molecule has 0 fully saturated rings. The highest BCUT2D eigenvalue weighted by Gasteiger charge is 2.71. The molecule has 0 radical (unpaired) electrons. The summed E-state index contributed by atoms with van der Waals surface area (Å²) >= 11 is 0. The van der Waals surface area contributed by atoms with E-state index in [1.807, 2.05) is 0 Å². The van der Waals surface area contributed by atoms with Crippen LogP contribution in [0.5, 0.6) is 0 Å². The first kappa shape index (κ1) is 23.5. The van der Waals surface area contributed by atoms with Gasteiger partial charge in [0, 0.05) is 23.5 Å². The van der Waals surface area contributed by atoms with E-state index in [0.717, 1.165) is 12.3 Å². The summed E-state index contributed by atoms with van der Waals surface area (Å²) in [5, 5.41) is 9.40. The predicted octanol–water partition coefficient (Wildman–Crippen LogP) is 3.87. The number of aromatic nitrogens is 2. The summed E-state index contributed by atoms with van der Waals surface area (Å²) in [6.07, 6.45) is -10.7. The Morgan fingerprint density at radius 3 is 1.75 bits per heavy atom. The topological polar surface area (TPSA) is 106 Å². The van der Waals surface area contributed by atoms with E-state index in [1.165, 1.54) is 36.4 Å². The molecule has 0 aliphatic rings. The number of anilines is 1. The van der Waals surface area contributed by atoms with Crippen molar-refractivity contribution in [2.24, 2.45) is 0 Å². The highest BCUT2D eigenvalue weighted by molar-refractivity contribution is 7.91. The minimum Gasteiger partial charge on any atom is -0.384 e. The molecule has 1 aromatic carbocycles. The van der Waals surface area contributed by atoms with Gasteiger partial charge in [0.05, 0.1) is 15.5 Å². The third kappa shape index (κ3) is 4.00. The minimum atomic E-state index is -6.03. The van der Waals surface area contributed by atoms with Crippen LogP contribution >= 0.6 is 0 Å². The van der Waals surface area contributed by atoms with E-state index in [9.17, 15) is 39.9 Å². The van der Waals surface area contributed by atoms with Crippen molar-refractivity contribution in [2.45, 2.75) is 27.7 Å². The summed E-state index contributed by atoms with van der Waals surface area (Å²) in [7, 11) is -3.94. The predicted molar refractivity (Wildman–Crippen MR) is 99.8 cm³/mol. The molecule has 2 aromatic heterocycles. The monoisotopic (exact) mass is 477 g/mol. The van der Waals surface area contributed by atoms with Crippen molar-refractivity contribution in [1.82, 2.24) is 9.97 Å². The van der Waals surface area contributed by atoms with Crippen LogP contribution in [0.15, 0.2) is 70.7 Å². The van der Waals surface area contributed by atoms with E-state index in [4.69, 9.17) is 5.73 Å². The second kappa shape index (κ2) is 7.74. The Morgan fingerprint density at radius 2 is 1.31 bits per heavy atom. The zero-order valence-electron chi connectivity index (χ0n) is 15.7. The van der Waals surface area contributed by atoms with Gasteiger partial charge < -0.3 is 10.8 Å². The highest BCUT2D eigenvalue weighted by atomic mass is 32.2. The van der Waals surface area contributed by atoms with Crippen LogP contribution in [0, 0.1) is 0 Å². The molecule has 32 heavy (non-hydrogen) atoms. The summed E-state index contributed by atoms with van der Waals surface area (Å²) < 4.78 is 103. The molecule has 0 spiro atoms. The molecule has 6 nitrogen and oxygen atoms in total. The van der Waals surface area contributed by atoms with Gasteiger partial charge in [-0.2, -0.15) is 26.3 Å². The number of hydrogen-bond donors (Lipinski definition) is 2. The van der Waals surface area contributed by atoms with Gasteiger partial charge in [0.25, 0.3) is 5.60 Å². The Hall–Kier alpha value is -3.19. The van der Waals surface area contributed by atoms with E-state index in [1.54, 1.807) is 0 Å². The molecule has 0 aliphatic heterocycles. The zero-order chi connectivity index (χ0) is 23.9. The van der Waals surface area contributed by atoms with Crippen LogP contribution in [-0.4, -0.2) is 35.8 Å². The fraction of sp³-hybridized carbons (Fsp3) is 0.158. The number of benzene rings is 1. The molecule has 0 unspecified atom stereocenters. The van der Waals surface area contributed by atoms with Crippen LogP contribution in [0.1, 0.15) is 5.56 Å². The lowest BCUT2D eigenvalue weighted by Gasteiger charge is -2.32. The standard InChI is InChI=1S/C19H13F6N3O3S/c20-18(21,22)17(29,19(23,24)25)12-3-7-15(27-9-12)11-1-4-13(5-2-11)32(30,31)14-6-8-16(26)28-10-14/h1-10,29H,(H2,26,28). The molecule has 0 bridgehead atoms. The third-order valence-corrected chi connectivity index (χ3v) is 6.29. The average molecular weight is 477 g/mol. The summed E-state index contributed by atoms with van der Waals surface area (Å²) in [4.78, 5) is 7.02. The Morgan fingerprint density at radius 1 is 0.750 bits per heavy atom. The normalized spacial score (nSPS) is 13.2. The molecule has 0 saturated carbocycles. The van der Waals surface area contributed by atoms with E-state index in [2.05, 4.69) is 9.97 Å². The lowest BCUT2D eigenvalue weighted by molar-refractivity contribution is -0.376. The van der Waals surface area contributed by atoms with Crippen molar-refractivity contribution >= 4 is 15.7 Å². The number of alkyl halides is 6. The summed E-state index contributed by atoms with van der Waals surface area (Å²) in [5.74, 6) is 0.122. The molecule has 2 heterocycles. The minimum absolute atomic E-state index is 0.0430. The Balaban J connectivity index is 1.93. The Labute approximate surface area is 177 Å². The number of pyridine rings is 2. The lowest BCUT2D eigenvalue weighted by atomic mass is 9.93. The summed E-state index contributed by atoms with van der Waals surface area (Å²) in [5.41, 5.74) is -0.992. The maximum Gasteiger partial charge on any atom is 0.430 e. The highest BCUT2D eigenvalue weighted by Crippen LogP contribution is 2.49. The largest absolute Gasteiger partial charge is 0.430 e. The number of sulfone groups is 1. The zero-order valence-corrected chi connectivity index (χ0v) is 16.5. The number of nitrogens with two attached hydrogens (primary N) is 1. The number of hydrogen-bond acceptors (Lipinski definition) is 6. The molecule has 3 rings (SSSR count). The van der Waals surface area contributed by atoms with Gasteiger partial charge in [-0.25, -0.2) is 13.4 Å². The van der Waals surface area contributed by atoms with Gasteiger partial charge in [-0.3, -0.25) is 4.98 Å². The molecule has 13 heteroatoms. The van der Waals surface area contributed by atoms with Gasteiger partial charge in [0.2, 0.25) is 9.84 Å². The van der Waals surface area contributed by atoms with E-state index >= 15 is 0 Å². The maximum absolute atomic E-state index is 13.0. The van der Waals surface area contributed by atoms with Gasteiger partial charge in [-0.15, -0.1) is 0 Å². The van der Waals surface area contributed by atoms with Crippen molar-refractivity contribution in [3.05, 3.63) is 66.5 Å². The van der Waals surface area contributed by atoms with E-state index < -0.39 is 33.4 Å². The SMILES string of the molecule is Nc1ccc(S(=O)(=O)c2ccc(-c3ccc(C(O)(C(F)(F)F)C(F)(F)F)cn3)cc2)cn1. The van der Waals surface area contributed by atoms with Gasteiger partial charge in [-0.1, -0.05) is 18.2 Å². The first-order chi connectivity index (χ1) is 14.7. The van der Waals surface area contributed by atoms with Gasteiger partial charge >= 0.3 is 12.4 Å². The van der Waals surface area contributed by atoms with Gasteiger partial charge in [-0.05, 0) is 30.3 Å². The number of rotatable bonds is 4. The molecular formula is C19H13F6N3O3S. The van der Waals surface area contributed by atoms with Gasteiger partial charge in [0.15, 0.2) is 0 Å². The lowest BCUT2D eigenvalue weighted by Crippen LogP contribution is -2.53. The quantitative estimate of drug-likeness (QED) is 0.553. The van der Waals surface area contributed by atoms with E-state index in [-0.39, 0.29) is 33.1 Å². The molecule has 3 aromatic rings. The van der Waals surface area contributed by atoms with Crippen molar-refractivity contribution in [3.8, 4) is 11.3 Å². The smallest absolute Gasteiger partial charge is 0.384 e. The maximum atomic E-state index is 13.0. The van der Waals surface area contributed by atoms with Crippen LogP contribution in [-0.2, 0) is 15.4 Å². The molecule has 0 amide bonds. The molecule has 170 valence electrons. The van der Waals surface area contributed by atoms with Crippen LogP contribution in [0.2, 0.25) is 0 Å². The van der Waals surface area contributed by atoms with Crippen molar-refractivity contribution in [3.63, 3.8) is 0 Å². The van der Waals surface area contributed by atoms with E-state index in [0.29, 0.717) is 6.07 Å². The second-order valence-electron chi connectivity index (χ2n) is 6.58. The third-order valence-electron chi connectivity index (χ3n) is 4.53. The molecule has 0 atom stereocenters. The van der Waals surface area contributed by atoms with Crippen LogP contribution in [0.4, 0.5) is 32.2 Å². The number of aliphatic hydroxyl groups is 1. The van der Waals surface area contributed by atoms with Crippen LogP contribution in [0.3, 0.4) is 0 Å². The molecule has 0 saturated heterocycles. The second-order valence-corrected chi connectivity index (χ2v) is 8.53. The Bertz CT molecular complexity index is 1190. The molecule has 0 aliphatic carbocycles. The average Bonchev–Trinajstić information content (AvgIpc) is 2.72. The Kier molecular flexibility index (Phi) is 5.68. The molecular weight excluding hydrogens is 464 g/mol. The molecule has 3 N–H and O–H groups in total. The summed E-state index contributed by atoms with van der Waals surface area (Å²) in [6.45, 7) is 0. The van der Waals surface area contributed by atoms with Crippen LogP contribution in [0.25, 0.3) is 11.3 Å². The number of halogens is 6. The van der Waals surface area contributed by atoms with Crippen molar-refractivity contribution < 1.29 is 39.9 Å². The van der Waals surface area contributed by atoms with Crippen LogP contribution < -0.4 is 5.73 Å². The number of nitrogen functional groups attached to an aromatic ring is 1. The fourth-order valence-electron chi connectivity index (χ4n) is 2.76. The number of nitrogens with zero attached hydrogens (tertiary/aromatic N) is 2.